The van der Waals surface area contributed by atoms with E-state index in [-0.39, 0.29) is 10.8 Å². The van der Waals surface area contributed by atoms with E-state index in [9.17, 15) is 13.2 Å². The minimum atomic E-state index is -3.27. The van der Waals surface area contributed by atoms with E-state index in [4.69, 9.17) is 0 Å². The number of carbonyl (C=O) groups is 1. The standard InChI is InChI=1S/C19H19N3O3S2/c1-27(24,25)15-6-7-16-17(10-15)26-19(20-16)21-18(23)12-22-9-8-13-4-2-3-5-14(13)11-22/h2-7,10H,8-9,11-12H2,1H3,(H,20,21,23). The molecule has 2 aromatic carbocycles. The van der Waals surface area contributed by atoms with Crippen LogP contribution in [0.15, 0.2) is 47.4 Å². The molecule has 0 bridgehead atoms. The zero-order valence-electron chi connectivity index (χ0n) is 14.8. The summed E-state index contributed by atoms with van der Waals surface area (Å²) in [5.74, 6) is -0.114. The number of thiazole rings is 1. The lowest BCUT2D eigenvalue weighted by Gasteiger charge is -2.27. The van der Waals surface area contributed by atoms with Crippen LogP contribution < -0.4 is 5.32 Å². The van der Waals surface area contributed by atoms with Gasteiger partial charge in [0.1, 0.15) is 0 Å². The average molecular weight is 402 g/mol. The van der Waals surface area contributed by atoms with Crippen molar-refractivity contribution in [1.82, 2.24) is 9.88 Å². The van der Waals surface area contributed by atoms with Gasteiger partial charge in [-0.3, -0.25) is 9.69 Å². The van der Waals surface area contributed by atoms with Crippen LogP contribution in [0.2, 0.25) is 0 Å². The maximum Gasteiger partial charge on any atom is 0.240 e. The highest BCUT2D eigenvalue weighted by molar-refractivity contribution is 7.90. The lowest BCUT2D eigenvalue weighted by atomic mass is 10.00. The second-order valence-corrected chi connectivity index (χ2v) is 9.74. The molecule has 0 saturated carbocycles. The first-order valence-electron chi connectivity index (χ1n) is 8.58. The molecule has 0 fully saturated rings. The summed E-state index contributed by atoms with van der Waals surface area (Å²) in [6, 6.07) is 13.1. The molecule has 0 unspecified atom stereocenters. The van der Waals surface area contributed by atoms with Crippen LogP contribution in [0.1, 0.15) is 11.1 Å². The van der Waals surface area contributed by atoms with Crippen LogP contribution in [0.4, 0.5) is 5.13 Å². The van der Waals surface area contributed by atoms with Gasteiger partial charge in [-0.1, -0.05) is 35.6 Å². The summed E-state index contributed by atoms with van der Waals surface area (Å²) in [5.41, 5.74) is 3.29. The van der Waals surface area contributed by atoms with Gasteiger partial charge < -0.3 is 5.32 Å². The molecule has 0 aliphatic carbocycles. The molecule has 3 aromatic rings. The Morgan fingerprint density at radius 3 is 2.78 bits per heavy atom. The van der Waals surface area contributed by atoms with Crippen LogP contribution in [0.5, 0.6) is 0 Å². The number of anilines is 1. The summed E-state index contributed by atoms with van der Waals surface area (Å²) >= 11 is 1.28. The maximum absolute atomic E-state index is 12.4. The Morgan fingerprint density at radius 1 is 1.22 bits per heavy atom. The van der Waals surface area contributed by atoms with Gasteiger partial charge in [0.05, 0.1) is 21.7 Å². The van der Waals surface area contributed by atoms with Gasteiger partial charge in [-0.2, -0.15) is 0 Å². The first-order valence-corrected chi connectivity index (χ1v) is 11.3. The lowest BCUT2D eigenvalue weighted by molar-refractivity contribution is -0.117. The van der Waals surface area contributed by atoms with Gasteiger partial charge >= 0.3 is 0 Å². The minimum Gasteiger partial charge on any atom is -0.301 e. The van der Waals surface area contributed by atoms with E-state index in [1.165, 1.54) is 34.8 Å². The summed E-state index contributed by atoms with van der Waals surface area (Å²) in [6.07, 6.45) is 2.12. The Morgan fingerprint density at radius 2 is 2.00 bits per heavy atom. The SMILES string of the molecule is CS(=O)(=O)c1ccc2nc(NC(=O)CN3CCc4ccccc4C3)sc2c1. The molecule has 0 saturated heterocycles. The van der Waals surface area contributed by atoms with Gasteiger partial charge in [-0.15, -0.1) is 0 Å². The molecule has 1 aliphatic rings. The molecule has 2 heterocycles. The number of hydrogen-bond donors (Lipinski definition) is 1. The zero-order valence-corrected chi connectivity index (χ0v) is 16.4. The summed E-state index contributed by atoms with van der Waals surface area (Å²) in [4.78, 5) is 19.2. The number of nitrogens with one attached hydrogen (secondary N) is 1. The Balaban J connectivity index is 1.44. The number of aromatic nitrogens is 1. The fraction of sp³-hybridized carbons (Fsp3) is 0.263. The summed E-state index contributed by atoms with van der Waals surface area (Å²) in [6.45, 7) is 1.92. The highest BCUT2D eigenvalue weighted by Crippen LogP contribution is 2.28. The second kappa shape index (κ2) is 7.03. The average Bonchev–Trinajstić information content (AvgIpc) is 3.02. The number of rotatable bonds is 4. The van der Waals surface area contributed by atoms with Gasteiger partial charge in [0.15, 0.2) is 15.0 Å². The van der Waals surface area contributed by atoms with Crippen LogP contribution >= 0.6 is 11.3 Å². The molecule has 1 amide bonds. The third kappa shape index (κ3) is 4.02. The highest BCUT2D eigenvalue weighted by atomic mass is 32.2. The molecular formula is C19H19N3O3S2. The molecule has 1 aliphatic heterocycles. The number of nitrogens with zero attached hydrogens (tertiary/aromatic N) is 2. The highest BCUT2D eigenvalue weighted by Gasteiger charge is 2.19. The topological polar surface area (TPSA) is 79.4 Å². The van der Waals surface area contributed by atoms with Gasteiger partial charge in [0, 0.05) is 19.3 Å². The van der Waals surface area contributed by atoms with E-state index in [1.54, 1.807) is 12.1 Å². The molecule has 4 rings (SSSR count). The van der Waals surface area contributed by atoms with Crippen molar-refractivity contribution < 1.29 is 13.2 Å². The Kier molecular flexibility index (Phi) is 4.71. The summed E-state index contributed by atoms with van der Waals surface area (Å²) < 4.78 is 24.1. The summed E-state index contributed by atoms with van der Waals surface area (Å²) in [5, 5.41) is 3.32. The van der Waals surface area contributed by atoms with Gasteiger partial charge in [0.25, 0.3) is 0 Å². The quantitative estimate of drug-likeness (QED) is 0.727. The fourth-order valence-corrected chi connectivity index (χ4v) is 4.88. The van der Waals surface area contributed by atoms with Crippen LogP contribution in [0, 0.1) is 0 Å². The van der Waals surface area contributed by atoms with Crippen LogP contribution in [-0.4, -0.2) is 43.6 Å². The summed E-state index contributed by atoms with van der Waals surface area (Å²) in [7, 11) is -3.27. The third-order valence-electron chi connectivity index (χ3n) is 4.61. The molecule has 1 N–H and O–H groups in total. The normalized spacial score (nSPS) is 14.9. The number of amides is 1. The molecule has 27 heavy (non-hydrogen) atoms. The van der Waals surface area contributed by atoms with Gasteiger partial charge in [0.2, 0.25) is 5.91 Å². The van der Waals surface area contributed by atoms with Crippen molar-refractivity contribution in [3.05, 3.63) is 53.6 Å². The number of fused-ring (bicyclic) bond motifs is 2. The molecule has 8 heteroatoms. The number of benzene rings is 2. The largest absolute Gasteiger partial charge is 0.301 e. The number of hydrogen-bond acceptors (Lipinski definition) is 6. The van der Waals surface area contributed by atoms with Gasteiger partial charge in [-0.05, 0) is 35.7 Å². The Bertz CT molecular complexity index is 1120. The fourth-order valence-electron chi connectivity index (χ4n) is 3.24. The van der Waals surface area contributed by atoms with Gasteiger partial charge in [-0.25, -0.2) is 13.4 Å². The van der Waals surface area contributed by atoms with E-state index in [0.29, 0.717) is 17.2 Å². The number of sulfone groups is 1. The molecule has 0 atom stereocenters. The number of carbonyl (C=O) groups excluding carboxylic acids is 1. The lowest BCUT2D eigenvalue weighted by Crippen LogP contribution is -2.37. The second-order valence-electron chi connectivity index (χ2n) is 6.70. The van der Waals surface area contributed by atoms with Crippen LogP contribution in [0.3, 0.4) is 0 Å². The zero-order chi connectivity index (χ0) is 19.0. The molecule has 140 valence electrons. The van der Waals surface area contributed by atoms with Crippen LogP contribution in [-0.2, 0) is 27.6 Å². The van der Waals surface area contributed by atoms with E-state index >= 15 is 0 Å². The van der Waals surface area contributed by atoms with Crippen molar-refractivity contribution in [2.75, 3.05) is 24.7 Å². The van der Waals surface area contributed by atoms with E-state index < -0.39 is 9.84 Å². The van der Waals surface area contributed by atoms with Crippen molar-refractivity contribution in [1.29, 1.82) is 0 Å². The van der Waals surface area contributed by atoms with Crippen LogP contribution in [0.25, 0.3) is 10.2 Å². The van der Waals surface area contributed by atoms with Crippen molar-refractivity contribution in [2.24, 2.45) is 0 Å². The van der Waals surface area contributed by atoms with E-state index in [1.807, 2.05) is 12.1 Å². The van der Waals surface area contributed by atoms with Crippen molar-refractivity contribution in [3.63, 3.8) is 0 Å². The Labute approximate surface area is 161 Å². The maximum atomic E-state index is 12.4. The molecule has 1 aromatic heterocycles. The molecule has 6 nitrogen and oxygen atoms in total. The van der Waals surface area contributed by atoms with Crippen molar-refractivity contribution in [2.45, 2.75) is 17.9 Å². The third-order valence-corrected chi connectivity index (χ3v) is 6.66. The van der Waals surface area contributed by atoms with E-state index in [0.717, 1.165) is 24.2 Å². The molecule has 0 spiro atoms. The predicted molar refractivity (Wildman–Crippen MR) is 107 cm³/mol. The van der Waals surface area contributed by atoms with Crippen molar-refractivity contribution in [3.8, 4) is 0 Å². The Hall–Kier alpha value is -2.29. The predicted octanol–water partition coefficient (Wildman–Crippen LogP) is 2.70. The monoisotopic (exact) mass is 401 g/mol. The first kappa shape index (κ1) is 18.1. The minimum absolute atomic E-state index is 0.114. The first-order chi connectivity index (χ1) is 12.9. The van der Waals surface area contributed by atoms with E-state index in [2.05, 4.69) is 27.3 Å². The molecule has 0 radical (unpaired) electrons. The smallest absolute Gasteiger partial charge is 0.240 e. The molecular weight excluding hydrogens is 382 g/mol. The van der Waals surface area contributed by atoms with Crippen molar-refractivity contribution >= 4 is 42.4 Å².